The van der Waals surface area contributed by atoms with Crippen LogP contribution in [0.5, 0.6) is 0 Å². The maximum Gasteiger partial charge on any atom is 0.262 e. The van der Waals surface area contributed by atoms with Gasteiger partial charge < -0.3 is 14.8 Å². The van der Waals surface area contributed by atoms with Crippen molar-refractivity contribution in [1.82, 2.24) is 29.0 Å². The Kier molecular flexibility index (Phi) is 6.11. The van der Waals surface area contributed by atoms with E-state index in [0.717, 1.165) is 11.4 Å². The summed E-state index contributed by atoms with van der Waals surface area (Å²) in [6.45, 7) is 7.77. The van der Waals surface area contributed by atoms with Crippen LogP contribution in [0.1, 0.15) is 31.2 Å². The molecular weight excluding hydrogens is 428 g/mol. The zero-order valence-electron chi connectivity index (χ0n) is 18.7. The lowest BCUT2D eigenvalue weighted by molar-refractivity contribution is 0.382. The Hall–Kier alpha value is -3.05. The number of anilines is 3. The van der Waals surface area contributed by atoms with Crippen molar-refractivity contribution in [2.24, 2.45) is 7.05 Å². The second kappa shape index (κ2) is 8.83. The molecule has 11 heteroatoms. The molecule has 0 radical (unpaired) electrons. The van der Waals surface area contributed by atoms with Gasteiger partial charge >= 0.3 is 0 Å². The molecule has 0 unspecified atom stereocenters. The minimum atomic E-state index is -3.63. The van der Waals surface area contributed by atoms with Crippen molar-refractivity contribution in [2.45, 2.75) is 31.7 Å². The van der Waals surface area contributed by atoms with Gasteiger partial charge in [0.15, 0.2) is 16.7 Å². The number of piperazine rings is 1. The van der Waals surface area contributed by atoms with Crippen LogP contribution in [0.25, 0.3) is 0 Å². The molecule has 170 valence electrons. The molecule has 1 aliphatic heterocycles. The van der Waals surface area contributed by atoms with E-state index in [1.807, 2.05) is 57.0 Å². The number of aromatic nitrogens is 5. The van der Waals surface area contributed by atoms with Gasteiger partial charge in [0, 0.05) is 51.5 Å². The highest BCUT2D eigenvalue weighted by molar-refractivity contribution is 7.89. The predicted octanol–water partition coefficient (Wildman–Crippen LogP) is 2.29. The third-order valence-electron chi connectivity index (χ3n) is 5.39. The van der Waals surface area contributed by atoms with Gasteiger partial charge in [-0.25, -0.2) is 18.4 Å². The Morgan fingerprint density at radius 2 is 1.72 bits per heavy atom. The monoisotopic (exact) mass is 456 g/mol. The second-order valence-electron chi connectivity index (χ2n) is 8.22. The van der Waals surface area contributed by atoms with E-state index < -0.39 is 10.0 Å². The molecule has 1 N–H and O–H groups in total. The number of rotatable bonds is 6. The lowest BCUT2D eigenvalue weighted by Gasteiger charge is -2.34. The Balaban J connectivity index is 1.39. The van der Waals surface area contributed by atoms with Gasteiger partial charge in [0.05, 0.1) is 0 Å². The lowest BCUT2D eigenvalue weighted by Crippen LogP contribution is -2.49. The van der Waals surface area contributed by atoms with Gasteiger partial charge in [-0.15, -0.1) is 10.2 Å². The van der Waals surface area contributed by atoms with Crippen molar-refractivity contribution in [3.63, 3.8) is 0 Å². The minimum absolute atomic E-state index is 0.108. The number of aryl methyl sites for hydroxylation is 2. The maximum atomic E-state index is 13.0. The first-order valence-electron chi connectivity index (χ1n) is 10.6. The average molecular weight is 457 g/mol. The summed E-state index contributed by atoms with van der Waals surface area (Å²) in [5.74, 6) is 2.92. The van der Waals surface area contributed by atoms with Gasteiger partial charge in [-0.05, 0) is 30.7 Å². The summed E-state index contributed by atoms with van der Waals surface area (Å²) in [6.07, 6.45) is 3.38. The molecule has 0 aliphatic carbocycles. The number of imidazole rings is 1. The molecule has 32 heavy (non-hydrogen) atoms. The molecule has 0 amide bonds. The van der Waals surface area contributed by atoms with Crippen molar-refractivity contribution < 1.29 is 8.42 Å². The first kappa shape index (κ1) is 22.2. The molecule has 0 aromatic carbocycles. The molecule has 10 nitrogen and oxygen atoms in total. The Morgan fingerprint density at radius 1 is 1.00 bits per heavy atom. The van der Waals surface area contributed by atoms with Crippen LogP contribution in [0, 0.1) is 6.92 Å². The highest BCUT2D eigenvalue weighted by Crippen LogP contribution is 2.22. The minimum Gasteiger partial charge on any atom is -0.352 e. The van der Waals surface area contributed by atoms with Gasteiger partial charge in [-0.1, -0.05) is 19.9 Å². The lowest BCUT2D eigenvalue weighted by atomic mass is 10.2. The second-order valence-corrected chi connectivity index (χ2v) is 10.1. The molecule has 0 bridgehead atoms. The van der Waals surface area contributed by atoms with E-state index in [1.165, 1.54) is 4.31 Å². The van der Waals surface area contributed by atoms with Crippen molar-refractivity contribution in [2.75, 3.05) is 36.4 Å². The number of nitrogens with zero attached hydrogens (tertiary/aromatic N) is 7. The largest absolute Gasteiger partial charge is 0.352 e. The molecule has 0 spiro atoms. The fraction of sp³-hybridized carbons (Fsp3) is 0.429. The van der Waals surface area contributed by atoms with Crippen LogP contribution in [0.4, 0.5) is 17.5 Å². The maximum absolute atomic E-state index is 13.0. The van der Waals surface area contributed by atoms with Crippen molar-refractivity contribution in [3.8, 4) is 0 Å². The molecule has 1 fully saturated rings. The van der Waals surface area contributed by atoms with Crippen LogP contribution in [-0.2, 0) is 17.1 Å². The van der Waals surface area contributed by atoms with Crippen LogP contribution < -0.4 is 10.2 Å². The molecular formula is C21H28N8O2S. The standard InChI is InChI=1S/C21H28N8O2S/c1-15(2)21-24-20(14-27(21)4)32(30,31)29-11-9-28(10-12-29)19-8-7-18(25-26-19)23-17-6-5-16(3)13-22-17/h5-8,13-15H,9-12H2,1-4H3,(H,22,23,25). The highest BCUT2D eigenvalue weighted by atomic mass is 32.2. The third kappa shape index (κ3) is 4.58. The van der Waals surface area contributed by atoms with Crippen molar-refractivity contribution in [3.05, 3.63) is 48.0 Å². The quantitative estimate of drug-likeness (QED) is 0.602. The van der Waals surface area contributed by atoms with E-state index in [9.17, 15) is 8.42 Å². The molecule has 3 aromatic rings. The molecule has 3 aromatic heterocycles. The number of nitrogens with one attached hydrogen (secondary N) is 1. The van der Waals surface area contributed by atoms with Crippen molar-refractivity contribution in [1.29, 1.82) is 0 Å². The summed E-state index contributed by atoms with van der Waals surface area (Å²) >= 11 is 0. The first-order chi connectivity index (χ1) is 15.2. The first-order valence-corrected chi connectivity index (χ1v) is 12.0. The number of hydrogen-bond acceptors (Lipinski definition) is 8. The van der Waals surface area contributed by atoms with Gasteiger partial charge in [0.1, 0.15) is 11.6 Å². The summed E-state index contributed by atoms with van der Waals surface area (Å²) in [5, 5.41) is 11.8. The Labute approximate surface area is 188 Å². The van der Waals surface area contributed by atoms with E-state index in [1.54, 1.807) is 17.0 Å². The van der Waals surface area contributed by atoms with E-state index in [0.29, 0.717) is 43.6 Å². The zero-order chi connectivity index (χ0) is 22.9. The summed E-state index contributed by atoms with van der Waals surface area (Å²) < 4.78 is 29.4. The molecule has 0 atom stereocenters. The summed E-state index contributed by atoms with van der Waals surface area (Å²) in [4.78, 5) is 10.7. The van der Waals surface area contributed by atoms with E-state index in [4.69, 9.17) is 0 Å². The van der Waals surface area contributed by atoms with Gasteiger partial charge in [0.2, 0.25) is 0 Å². The molecule has 4 rings (SSSR count). The van der Waals surface area contributed by atoms with Crippen LogP contribution >= 0.6 is 0 Å². The third-order valence-corrected chi connectivity index (χ3v) is 7.16. The number of sulfonamides is 1. The van der Waals surface area contributed by atoms with Crippen LogP contribution in [0.2, 0.25) is 0 Å². The van der Waals surface area contributed by atoms with E-state index in [-0.39, 0.29) is 10.9 Å². The predicted molar refractivity (Wildman–Crippen MR) is 123 cm³/mol. The SMILES string of the molecule is Cc1ccc(Nc2ccc(N3CCN(S(=O)(=O)c4cn(C)c(C(C)C)n4)CC3)nn2)nc1. The smallest absolute Gasteiger partial charge is 0.262 e. The van der Waals surface area contributed by atoms with Gasteiger partial charge in [0.25, 0.3) is 10.0 Å². The van der Waals surface area contributed by atoms with E-state index in [2.05, 4.69) is 25.5 Å². The van der Waals surface area contributed by atoms with Gasteiger partial charge in [-0.2, -0.15) is 4.31 Å². The van der Waals surface area contributed by atoms with Crippen LogP contribution in [0.15, 0.2) is 41.7 Å². The molecule has 1 aliphatic rings. The normalized spacial score (nSPS) is 15.3. The molecule has 0 saturated carbocycles. The summed E-state index contributed by atoms with van der Waals surface area (Å²) in [7, 11) is -1.80. The summed E-state index contributed by atoms with van der Waals surface area (Å²) in [5.41, 5.74) is 1.08. The Morgan fingerprint density at radius 3 is 2.28 bits per heavy atom. The summed E-state index contributed by atoms with van der Waals surface area (Å²) in [6, 6.07) is 7.57. The molecule has 4 heterocycles. The van der Waals surface area contributed by atoms with Crippen LogP contribution in [-0.4, -0.2) is 63.6 Å². The van der Waals surface area contributed by atoms with Crippen LogP contribution in [0.3, 0.4) is 0 Å². The van der Waals surface area contributed by atoms with Gasteiger partial charge in [-0.3, -0.25) is 0 Å². The van der Waals surface area contributed by atoms with E-state index >= 15 is 0 Å². The average Bonchev–Trinajstić information content (AvgIpc) is 3.19. The fourth-order valence-corrected chi connectivity index (χ4v) is 5.05. The Bertz CT molecular complexity index is 1170. The number of pyridine rings is 1. The zero-order valence-corrected chi connectivity index (χ0v) is 19.5. The topological polar surface area (TPSA) is 109 Å². The fourth-order valence-electron chi connectivity index (χ4n) is 3.64. The number of hydrogen-bond donors (Lipinski definition) is 1. The molecule has 1 saturated heterocycles. The van der Waals surface area contributed by atoms with Crippen molar-refractivity contribution >= 4 is 27.5 Å². The highest BCUT2D eigenvalue weighted by Gasteiger charge is 2.31.